The lowest BCUT2D eigenvalue weighted by atomic mass is 10.0. The summed E-state index contributed by atoms with van der Waals surface area (Å²) in [6.45, 7) is 4.90. The number of aromatic nitrogens is 1. The van der Waals surface area contributed by atoms with Crippen LogP contribution < -0.4 is 4.90 Å². The molecule has 0 aliphatic carbocycles. The van der Waals surface area contributed by atoms with Crippen LogP contribution in [0.1, 0.15) is 31.2 Å². The first kappa shape index (κ1) is 16.1. The maximum Gasteiger partial charge on any atom is 0.101 e. The fraction of sp³-hybridized carbons (Fsp3) is 0.429. The summed E-state index contributed by atoms with van der Waals surface area (Å²) < 4.78 is 0. The fourth-order valence-corrected chi connectivity index (χ4v) is 4.07. The van der Waals surface area contributed by atoms with Crippen molar-refractivity contribution in [2.45, 2.75) is 31.7 Å². The first-order chi connectivity index (χ1) is 12.3. The third-order valence-electron chi connectivity index (χ3n) is 5.54. The van der Waals surface area contributed by atoms with Gasteiger partial charge < -0.3 is 9.80 Å². The number of nitrogens with zero attached hydrogens (tertiary/aromatic N) is 4. The van der Waals surface area contributed by atoms with E-state index in [0.29, 0.717) is 5.56 Å². The van der Waals surface area contributed by atoms with E-state index in [0.717, 1.165) is 30.4 Å². The van der Waals surface area contributed by atoms with Crippen molar-refractivity contribution < 1.29 is 0 Å². The van der Waals surface area contributed by atoms with Crippen LogP contribution in [0.25, 0.3) is 11.3 Å². The van der Waals surface area contributed by atoms with Gasteiger partial charge in [0.25, 0.3) is 0 Å². The quantitative estimate of drug-likeness (QED) is 0.860. The normalized spacial score (nSPS) is 19.1. The van der Waals surface area contributed by atoms with E-state index in [1.54, 1.807) is 6.20 Å². The molecule has 0 spiro atoms. The molecule has 0 saturated carbocycles. The molecule has 4 rings (SSSR count). The minimum absolute atomic E-state index is 0.598. The lowest BCUT2D eigenvalue weighted by molar-refractivity contribution is 0.208. The maximum atomic E-state index is 8.87. The number of nitriles is 1. The second kappa shape index (κ2) is 7.25. The van der Waals surface area contributed by atoms with Crippen LogP contribution in [0.5, 0.6) is 0 Å². The number of anilines is 1. The van der Waals surface area contributed by atoms with Crippen molar-refractivity contribution in [3.05, 3.63) is 48.2 Å². The second-order valence-corrected chi connectivity index (χ2v) is 7.05. The molecule has 0 radical (unpaired) electrons. The number of likely N-dealkylation sites (tertiary alicyclic amines) is 1. The van der Waals surface area contributed by atoms with Crippen LogP contribution in [-0.4, -0.2) is 42.1 Å². The lowest BCUT2D eigenvalue weighted by Gasteiger charge is -2.37. The van der Waals surface area contributed by atoms with Crippen molar-refractivity contribution in [1.29, 1.82) is 5.26 Å². The molecule has 2 aliphatic heterocycles. The van der Waals surface area contributed by atoms with E-state index in [2.05, 4.69) is 45.1 Å². The summed E-state index contributed by atoms with van der Waals surface area (Å²) in [5, 5.41) is 8.87. The zero-order chi connectivity index (χ0) is 17.1. The van der Waals surface area contributed by atoms with Gasteiger partial charge in [0.05, 0.1) is 11.3 Å². The standard InChI is InChI=1S/C21H24N4/c22-15-17-3-8-21(23-16-17)18-4-6-19(7-5-18)25-13-9-20(10-14-25)24-11-1-2-12-24/h3-8,16,20H,1-2,9-14H2. The van der Waals surface area contributed by atoms with E-state index >= 15 is 0 Å². The topological polar surface area (TPSA) is 43.2 Å². The minimum atomic E-state index is 0.598. The summed E-state index contributed by atoms with van der Waals surface area (Å²) in [6, 6.07) is 15.3. The van der Waals surface area contributed by atoms with Crippen LogP contribution in [0, 0.1) is 11.3 Å². The van der Waals surface area contributed by atoms with Gasteiger partial charge in [0.1, 0.15) is 6.07 Å². The molecule has 2 aliphatic rings. The lowest BCUT2D eigenvalue weighted by Crippen LogP contribution is -2.43. The zero-order valence-corrected chi connectivity index (χ0v) is 14.6. The Morgan fingerprint density at radius 1 is 0.920 bits per heavy atom. The summed E-state index contributed by atoms with van der Waals surface area (Å²) in [7, 11) is 0. The van der Waals surface area contributed by atoms with Gasteiger partial charge >= 0.3 is 0 Å². The molecule has 0 unspecified atom stereocenters. The number of benzene rings is 1. The molecule has 128 valence electrons. The number of rotatable bonds is 3. The molecule has 25 heavy (non-hydrogen) atoms. The molecule has 0 atom stereocenters. The van der Waals surface area contributed by atoms with E-state index in [9.17, 15) is 0 Å². The molecule has 4 heteroatoms. The summed E-state index contributed by atoms with van der Waals surface area (Å²) in [5.41, 5.74) is 3.91. The monoisotopic (exact) mass is 332 g/mol. The summed E-state index contributed by atoms with van der Waals surface area (Å²) in [6.07, 6.45) is 6.94. The highest BCUT2D eigenvalue weighted by molar-refractivity contribution is 5.63. The number of hydrogen-bond acceptors (Lipinski definition) is 4. The third-order valence-corrected chi connectivity index (χ3v) is 5.54. The van der Waals surface area contributed by atoms with Gasteiger partial charge in [0, 0.05) is 36.6 Å². The molecule has 4 nitrogen and oxygen atoms in total. The average molecular weight is 332 g/mol. The van der Waals surface area contributed by atoms with Gasteiger partial charge in [-0.1, -0.05) is 12.1 Å². The zero-order valence-electron chi connectivity index (χ0n) is 14.6. The van der Waals surface area contributed by atoms with E-state index < -0.39 is 0 Å². The van der Waals surface area contributed by atoms with Crippen LogP contribution in [0.3, 0.4) is 0 Å². The largest absolute Gasteiger partial charge is 0.371 e. The molecule has 0 bridgehead atoms. The van der Waals surface area contributed by atoms with Crippen LogP contribution in [0.4, 0.5) is 5.69 Å². The summed E-state index contributed by atoms with van der Waals surface area (Å²) in [4.78, 5) is 9.57. The van der Waals surface area contributed by atoms with Crippen molar-refractivity contribution in [2.24, 2.45) is 0 Å². The van der Waals surface area contributed by atoms with Gasteiger partial charge in [-0.25, -0.2) is 0 Å². The van der Waals surface area contributed by atoms with E-state index in [1.165, 1.54) is 44.5 Å². The molecule has 2 aromatic rings. The summed E-state index contributed by atoms with van der Waals surface area (Å²) >= 11 is 0. The van der Waals surface area contributed by atoms with Crippen molar-refractivity contribution in [1.82, 2.24) is 9.88 Å². The molecule has 1 aromatic carbocycles. The van der Waals surface area contributed by atoms with Crippen molar-refractivity contribution in [2.75, 3.05) is 31.1 Å². The Bertz CT molecular complexity index is 731. The van der Waals surface area contributed by atoms with Gasteiger partial charge in [0.2, 0.25) is 0 Å². The van der Waals surface area contributed by atoms with Gasteiger partial charge in [-0.3, -0.25) is 4.98 Å². The van der Waals surface area contributed by atoms with E-state index in [-0.39, 0.29) is 0 Å². The summed E-state index contributed by atoms with van der Waals surface area (Å²) in [5.74, 6) is 0. The van der Waals surface area contributed by atoms with Crippen LogP contribution >= 0.6 is 0 Å². The first-order valence-corrected chi connectivity index (χ1v) is 9.29. The average Bonchev–Trinajstić information content (AvgIpc) is 3.23. The highest BCUT2D eigenvalue weighted by atomic mass is 15.2. The van der Waals surface area contributed by atoms with Gasteiger partial charge in [0.15, 0.2) is 0 Å². The molecular weight excluding hydrogens is 308 g/mol. The molecular formula is C21H24N4. The maximum absolute atomic E-state index is 8.87. The van der Waals surface area contributed by atoms with E-state index in [4.69, 9.17) is 5.26 Å². The number of hydrogen-bond donors (Lipinski definition) is 0. The smallest absolute Gasteiger partial charge is 0.101 e. The highest BCUT2D eigenvalue weighted by Gasteiger charge is 2.26. The predicted octanol–water partition coefficient (Wildman–Crippen LogP) is 3.68. The second-order valence-electron chi connectivity index (χ2n) is 7.05. The third kappa shape index (κ3) is 3.52. The Balaban J connectivity index is 1.39. The van der Waals surface area contributed by atoms with Crippen molar-refractivity contribution in [3.8, 4) is 17.3 Å². The Labute approximate surface area is 149 Å². The SMILES string of the molecule is N#Cc1ccc(-c2ccc(N3CCC(N4CCCC4)CC3)cc2)nc1. The molecule has 0 N–H and O–H groups in total. The van der Waals surface area contributed by atoms with Gasteiger partial charge in [-0.15, -0.1) is 0 Å². The van der Waals surface area contributed by atoms with E-state index in [1.807, 2.05) is 12.1 Å². The molecule has 2 saturated heterocycles. The van der Waals surface area contributed by atoms with Crippen molar-refractivity contribution >= 4 is 5.69 Å². The Kier molecular flexibility index (Phi) is 4.67. The molecule has 2 fully saturated rings. The minimum Gasteiger partial charge on any atom is -0.371 e. The molecule has 0 amide bonds. The van der Waals surface area contributed by atoms with Crippen LogP contribution in [-0.2, 0) is 0 Å². The van der Waals surface area contributed by atoms with Gasteiger partial charge in [-0.05, 0) is 63.0 Å². The van der Waals surface area contributed by atoms with Crippen LogP contribution in [0.2, 0.25) is 0 Å². The number of piperidine rings is 1. The highest BCUT2D eigenvalue weighted by Crippen LogP contribution is 2.27. The molecule has 1 aromatic heterocycles. The Morgan fingerprint density at radius 3 is 2.24 bits per heavy atom. The Hall–Kier alpha value is -2.38. The number of pyridine rings is 1. The first-order valence-electron chi connectivity index (χ1n) is 9.29. The van der Waals surface area contributed by atoms with Crippen LogP contribution in [0.15, 0.2) is 42.6 Å². The van der Waals surface area contributed by atoms with Gasteiger partial charge in [-0.2, -0.15) is 5.26 Å². The molecule has 3 heterocycles. The fourth-order valence-electron chi connectivity index (χ4n) is 4.07. The Morgan fingerprint density at radius 2 is 1.64 bits per heavy atom. The van der Waals surface area contributed by atoms with Crippen molar-refractivity contribution in [3.63, 3.8) is 0 Å². The predicted molar refractivity (Wildman–Crippen MR) is 100 cm³/mol.